The second-order valence-electron chi connectivity index (χ2n) is 7.76. The fourth-order valence-electron chi connectivity index (χ4n) is 3.92. The first kappa shape index (κ1) is 23.6. The van der Waals surface area contributed by atoms with Crippen LogP contribution in [0.4, 0.5) is 10.5 Å². The molecule has 0 saturated carbocycles. The van der Waals surface area contributed by atoms with Gasteiger partial charge in [-0.1, -0.05) is 35.7 Å². The Kier molecular flexibility index (Phi) is 7.33. The minimum Gasteiger partial charge on any atom is -0.336 e. The molecule has 31 heavy (non-hydrogen) atoms. The minimum atomic E-state index is -3.29. The predicted molar refractivity (Wildman–Crippen MR) is 118 cm³/mol. The van der Waals surface area contributed by atoms with E-state index in [-0.39, 0.29) is 36.7 Å². The first-order valence-electron chi connectivity index (χ1n) is 9.85. The average Bonchev–Trinajstić information content (AvgIpc) is 3.13. The molecule has 170 valence electrons. The number of unbranched alkanes of at least 4 members (excludes halogenated alkanes) is 1. The molecule has 0 aliphatic carbocycles. The molecule has 9 nitrogen and oxygen atoms in total. The van der Waals surface area contributed by atoms with Gasteiger partial charge in [-0.25, -0.2) is 13.2 Å². The van der Waals surface area contributed by atoms with Crippen LogP contribution in [0.5, 0.6) is 0 Å². The molecule has 0 spiro atoms. The van der Waals surface area contributed by atoms with Crippen LogP contribution in [0.2, 0.25) is 10.0 Å². The van der Waals surface area contributed by atoms with Crippen LogP contribution in [0.3, 0.4) is 0 Å². The molecule has 1 aromatic rings. The summed E-state index contributed by atoms with van der Waals surface area (Å²) >= 11 is 12.0. The molecular formula is C19H24Cl2N4O5S. The van der Waals surface area contributed by atoms with Crippen LogP contribution in [-0.2, 0) is 19.4 Å². The third-order valence-corrected chi connectivity index (χ3v) is 8.39. The first-order chi connectivity index (χ1) is 14.6. The number of nitrogens with zero attached hydrogens (tertiary/aromatic N) is 1. The number of para-hydroxylation sites is 1. The first-order valence-corrected chi connectivity index (χ1v) is 12.3. The lowest BCUT2D eigenvalue weighted by Crippen LogP contribution is -2.39. The summed E-state index contributed by atoms with van der Waals surface area (Å²) in [4.78, 5) is 37.3. The van der Waals surface area contributed by atoms with Crippen molar-refractivity contribution in [1.29, 1.82) is 0 Å². The number of halogens is 2. The summed E-state index contributed by atoms with van der Waals surface area (Å²) in [6.45, 7) is -0.168. The molecular weight excluding hydrogens is 467 g/mol. The number of carbonyl (C=O) groups excluding carboxylic acids is 3. The highest BCUT2D eigenvalue weighted by Crippen LogP contribution is 2.30. The fraction of sp³-hybridized carbons (Fsp3) is 0.526. The molecule has 3 N–H and O–H groups in total. The fourth-order valence-corrected chi connectivity index (χ4v) is 6.68. The molecule has 3 unspecified atom stereocenters. The molecule has 2 saturated heterocycles. The summed E-state index contributed by atoms with van der Waals surface area (Å²) in [6.07, 6.45) is 1.55. The summed E-state index contributed by atoms with van der Waals surface area (Å²) in [6, 6.07) is 3.69. The van der Waals surface area contributed by atoms with E-state index in [1.165, 1.54) is 11.9 Å². The highest BCUT2D eigenvalue weighted by molar-refractivity contribution is 7.92. The molecule has 4 amide bonds. The normalized spacial score (nSPS) is 23.6. The van der Waals surface area contributed by atoms with Crippen molar-refractivity contribution in [3.63, 3.8) is 0 Å². The number of hydrogen-bond donors (Lipinski definition) is 3. The number of sulfone groups is 1. The second-order valence-corrected chi connectivity index (χ2v) is 10.8. The van der Waals surface area contributed by atoms with Crippen molar-refractivity contribution in [2.45, 2.75) is 43.0 Å². The Balaban J connectivity index is 1.42. The van der Waals surface area contributed by atoms with Gasteiger partial charge in [0.2, 0.25) is 11.8 Å². The third-order valence-electron chi connectivity index (χ3n) is 5.48. The van der Waals surface area contributed by atoms with Gasteiger partial charge in [0, 0.05) is 13.5 Å². The van der Waals surface area contributed by atoms with Gasteiger partial charge in [-0.05, 0) is 25.0 Å². The maximum absolute atomic E-state index is 12.3. The number of likely N-dealkylation sites (N-methyl/N-ethyl adjacent to an activating group) is 1. The van der Waals surface area contributed by atoms with Crippen LogP contribution < -0.4 is 16.0 Å². The van der Waals surface area contributed by atoms with E-state index in [1.54, 1.807) is 18.2 Å². The number of benzene rings is 1. The highest BCUT2D eigenvalue weighted by Gasteiger charge is 2.51. The van der Waals surface area contributed by atoms with Crippen LogP contribution in [0.15, 0.2) is 18.2 Å². The van der Waals surface area contributed by atoms with Gasteiger partial charge in [0.15, 0.2) is 9.84 Å². The number of hydrogen-bond acceptors (Lipinski definition) is 5. The van der Waals surface area contributed by atoms with Gasteiger partial charge in [0.05, 0.1) is 45.4 Å². The van der Waals surface area contributed by atoms with E-state index in [2.05, 4.69) is 16.0 Å². The van der Waals surface area contributed by atoms with E-state index in [4.69, 9.17) is 23.2 Å². The maximum atomic E-state index is 12.3. The van der Waals surface area contributed by atoms with Crippen LogP contribution in [0, 0.1) is 0 Å². The molecule has 1 aromatic carbocycles. The topological polar surface area (TPSA) is 125 Å². The highest BCUT2D eigenvalue weighted by atomic mass is 35.5. The molecule has 0 radical (unpaired) electrons. The largest absolute Gasteiger partial charge is 0.336 e. The van der Waals surface area contributed by atoms with Gasteiger partial charge in [-0.3, -0.25) is 9.59 Å². The molecule has 2 aliphatic rings. The SMILES string of the molecule is CN(CC(=O)Nc1c(Cl)cccc1Cl)C(=O)CCCCC1C2NC(=O)NC2CS1(=O)=O. The zero-order valence-corrected chi connectivity index (χ0v) is 19.2. The number of nitrogens with one attached hydrogen (secondary N) is 3. The smallest absolute Gasteiger partial charge is 0.315 e. The lowest BCUT2D eigenvalue weighted by atomic mass is 10.0. The van der Waals surface area contributed by atoms with Gasteiger partial charge in [0.1, 0.15) is 0 Å². The lowest BCUT2D eigenvalue weighted by Gasteiger charge is -2.18. The molecule has 2 aliphatic heterocycles. The van der Waals surface area contributed by atoms with Crippen LogP contribution in [0.25, 0.3) is 0 Å². The van der Waals surface area contributed by atoms with Crippen LogP contribution >= 0.6 is 23.2 Å². The quantitative estimate of drug-likeness (QED) is 0.378. The number of amides is 4. The second kappa shape index (κ2) is 9.62. The summed E-state index contributed by atoms with van der Waals surface area (Å²) in [7, 11) is -1.77. The predicted octanol–water partition coefficient (Wildman–Crippen LogP) is 1.80. The summed E-state index contributed by atoms with van der Waals surface area (Å²) < 4.78 is 24.6. The molecule has 0 bridgehead atoms. The van der Waals surface area contributed by atoms with E-state index >= 15 is 0 Å². The van der Waals surface area contributed by atoms with Crippen molar-refractivity contribution in [3.05, 3.63) is 28.2 Å². The van der Waals surface area contributed by atoms with Gasteiger partial charge < -0.3 is 20.9 Å². The summed E-state index contributed by atoms with van der Waals surface area (Å²) in [5, 5.41) is 7.85. The number of rotatable bonds is 8. The van der Waals surface area contributed by atoms with E-state index in [9.17, 15) is 22.8 Å². The van der Waals surface area contributed by atoms with Crippen molar-refractivity contribution in [3.8, 4) is 0 Å². The summed E-state index contributed by atoms with van der Waals surface area (Å²) in [5.74, 6) is -0.727. The zero-order valence-electron chi connectivity index (χ0n) is 16.9. The number of anilines is 1. The van der Waals surface area contributed by atoms with Crippen molar-refractivity contribution in [1.82, 2.24) is 15.5 Å². The minimum absolute atomic E-state index is 0.0622. The van der Waals surface area contributed by atoms with E-state index < -0.39 is 27.0 Å². The maximum Gasteiger partial charge on any atom is 0.315 e. The van der Waals surface area contributed by atoms with Gasteiger partial charge in [0.25, 0.3) is 0 Å². The zero-order chi connectivity index (χ0) is 22.8. The molecule has 2 fully saturated rings. The Bertz CT molecular complexity index is 967. The molecule has 2 heterocycles. The van der Waals surface area contributed by atoms with Gasteiger partial charge in [-0.15, -0.1) is 0 Å². The molecule has 3 rings (SSSR count). The van der Waals surface area contributed by atoms with Crippen molar-refractivity contribution in [2.75, 3.05) is 24.7 Å². The number of carbonyl (C=O) groups is 3. The number of fused-ring (bicyclic) bond motifs is 1. The van der Waals surface area contributed by atoms with Crippen molar-refractivity contribution >= 4 is 56.6 Å². The van der Waals surface area contributed by atoms with Gasteiger partial charge >= 0.3 is 6.03 Å². The Morgan fingerprint density at radius 3 is 2.55 bits per heavy atom. The number of urea groups is 1. The Morgan fingerprint density at radius 2 is 1.87 bits per heavy atom. The van der Waals surface area contributed by atoms with E-state index in [1.807, 2.05) is 0 Å². The monoisotopic (exact) mass is 490 g/mol. The van der Waals surface area contributed by atoms with E-state index in [0.717, 1.165) is 0 Å². The molecule has 0 aromatic heterocycles. The third kappa shape index (κ3) is 5.61. The van der Waals surface area contributed by atoms with Gasteiger partial charge in [-0.2, -0.15) is 0 Å². The molecule has 12 heteroatoms. The van der Waals surface area contributed by atoms with Crippen molar-refractivity contribution in [2.24, 2.45) is 0 Å². The van der Waals surface area contributed by atoms with Crippen LogP contribution in [-0.4, -0.2) is 67.8 Å². The molecule has 3 atom stereocenters. The Labute approximate surface area is 190 Å². The Morgan fingerprint density at radius 1 is 1.19 bits per heavy atom. The average molecular weight is 491 g/mol. The standard InChI is InChI=1S/C19H24Cl2N4O5S/c1-25(9-15(26)23-17-11(20)5-4-6-12(17)21)16(27)8-3-2-7-14-18-13(10-31(14,29)30)22-19(28)24-18/h4-6,13-14,18H,2-3,7-10H2,1H3,(H,23,26)(H2,22,24,28). The lowest BCUT2D eigenvalue weighted by molar-refractivity contribution is -0.133. The summed E-state index contributed by atoms with van der Waals surface area (Å²) in [5.41, 5.74) is 0.293. The Hall–Kier alpha value is -2.04. The van der Waals surface area contributed by atoms with Crippen LogP contribution in [0.1, 0.15) is 25.7 Å². The van der Waals surface area contributed by atoms with Crippen molar-refractivity contribution < 1.29 is 22.8 Å². The van der Waals surface area contributed by atoms with E-state index in [0.29, 0.717) is 35.0 Å².